The number of hydrogen-bond donors (Lipinski definition) is 2. The summed E-state index contributed by atoms with van der Waals surface area (Å²) in [5.41, 5.74) is 5.37. The highest BCUT2D eigenvalue weighted by Crippen LogP contribution is 2.43. The molecule has 0 heterocycles. The molecule has 0 aromatic carbocycles. The first kappa shape index (κ1) is 72.8. The largest absolute Gasteiger partial charge is 0.472 e. The zero-order chi connectivity index (χ0) is 53.8. The van der Waals surface area contributed by atoms with Gasteiger partial charge in [0, 0.05) is 19.4 Å². The van der Waals surface area contributed by atoms with Crippen molar-refractivity contribution >= 4 is 19.8 Å². The van der Waals surface area contributed by atoms with Crippen molar-refractivity contribution in [3.8, 4) is 0 Å². The minimum Gasteiger partial charge on any atom is -0.462 e. The van der Waals surface area contributed by atoms with Gasteiger partial charge in [-0.1, -0.05) is 315 Å². The average molecular weight is 1070 g/mol. The van der Waals surface area contributed by atoms with Crippen molar-refractivity contribution in [1.29, 1.82) is 0 Å². The molecule has 0 aliphatic heterocycles. The number of phosphoric acid groups is 1. The average Bonchev–Trinajstić information content (AvgIpc) is 3.39. The van der Waals surface area contributed by atoms with E-state index in [-0.39, 0.29) is 38.6 Å². The van der Waals surface area contributed by atoms with Gasteiger partial charge in [0.05, 0.1) is 13.2 Å². The summed E-state index contributed by atoms with van der Waals surface area (Å²) in [6.07, 6.45) is 72.0. The summed E-state index contributed by atoms with van der Waals surface area (Å²) in [4.78, 5) is 35.1. The van der Waals surface area contributed by atoms with E-state index in [1.165, 1.54) is 263 Å². The Balaban J connectivity index is 3.63. The second-order valence-electron chi connectivity index (χ2n) is 22.3. The van der Waals surface area contributed by atoms with Crippen LogP contribution in [0.3, 0.4) is 0 Å². The van der Waals surface area contributed by atoms with E-state index in [1.54, 1.807) is 0 Å². The number of unbranched alkanes of at least 4 members (excludes halogenated alkanes) is 48. The Morgan fingerprint density at radius 2 is 0.662 bits per heavy atom. The van der Waals surface area contributed by atoms with Gasteiger partial charge >= 0.3 is 19.8 Å². The molecule has 9 nitrogen and oxygen atoms in total. The second-order valence-corrected chi connectivity index (χ2v) is 23.8. The van der Waals surface area contributed by atoms with Gasteiger partial charge in [0.25, 0.3) is 0 Å². The van der Waals surface area contributed by atoms with Crippen LogP contribution in [0.4, 0.5) is 0 Å². The highest BCUT2D eigenvalue weighted by molar-refractivity contribution is 7.47. The van der Waals surface area contributed by atoms with Crippen molar-refractivity contribution in [1.82, 2.24) is 0 Å². The number of ether oxygens (including phenoxy) is 2. The lowest BCUT2D eigenvalue weighted by Gasteiger charge is -2.19. The van der Waals surface area contributed by atoms with Crippen molar-refractivity contribution in [2.45, 2.75) is 360 Å². The van der Waals surface area contributed by atoms with Gasteiger partial charge in [0.15, 0.2) is 6.10 Å². The Hall–Kier alpha value is -1.25. The molecule has 0 saturated carbocycles. The van der Waals surface area contributed by atoms with Crippen LogP contribution in [-0.2, 0) is 32.7 Å². The predicted octanol–water partition coefficient (Wildman–Crippen LogP) is 20.8. The summed E-state index contributed by atoms with van der Waals surface area (Å²) in [6, 6.07) is 0. The topological polar surface area (TPSA) is 134 Å². The van der Waals surface area contributed by atoms with Gasteiger partial charge < -0.3 is 20.1 Å². The van der Waals surface area contributed by atoms with Crippen LogP contribution in [0.25, 0.3) is 0 Å². The standard InChI is InChI=1S/C64H126NO8P/c1-3-5-7-9-11-13-15-17-18-19-20-21-22-23-24-25-26-27-28-29-30-31-32-33-34-35-36-37-38-39-40-41-42-43-44-45-47-48-50-52-54-56-63(66)70-60-62(61-72-74(68,69)71-59-58-65)73-64(67)57-55-53-51-49-46-16-14-12-10-8-6-4-2/h12,14,62H,3-11,13,15-61,65H2,1-2H3,(H,68,69)/b14-12-. The predicted molar refractivity (Wildman–Crippen MR) is 317 cm³/mol. The number of carbonyl (C=O) groups excluding carboxylic acids is 2. The molecule has 0 aromatic rings. The smallest absolute Gasteiger partial charge is 0.462 e. The molecule has 440 valence electrons. The van der Waals surface area contributed by atoms with Crippen LogP contribution in [0.5, 0.6) is 0 Å². The second kappa shape index (κ2) is 61.0. The zero-order valence-electron chi connectivity index (χ0n) is 49.4. The molecule has 0 aliphatic rings. The van der Waals surface area contributed by atoms with Crippen molar-refractivity contribution in [3.63, 3.8) is 0 Å². The van der Waals surface area contributed by atoms with E-state index in [0.29, 0.717) is 6.42 Å². The molecule has 10 heteroatoms. The number of allylic oxidation sites excluding steroid dienone is 2. The molecule has 0 aromatic heterocycles. The van der Waals surface area contributed by atoms with Gasteiger partial charge in [-0.2, -0.15) is 0 Å². The maximum atomic E-state index is 12.6. The van der Waals surface area contributed by atoms with E-state index in [4.69, 9.17) is 24.3 Å². The maximum Gasteiger partial charge on any atom is 0.472 e. The van der Waals surface area contributed by atoms with Crippen molar-refractivity contribution in [2.24, 2.45) is 5.73 Å². The molecule has 2 atom stereocenters. The van der Waals surface area contributed by atoms with Crippen LogP contribution in [0.1, 0.15) is 354 Å². The molecule has 0 bridgehead atoms. The monoisotopic (exact) mass is 1070 g/mol. The fourth-order valence-electron chi connectivity index (χ4n) is 10.0. The Morgan fingerprint density at radius 1 is 0.392 bits per heavy atom. The van der Waals surface area contributed by atoms with Crippen molar-refractivity contribution in [3.05, 3.63) is 12.2 Å². The summed E-state index contributed by atoms with van der Waals surface area (Å²) in [5.74, 6) is -0.822. The van der Waals surface area contributed by atoms with E-state index in [0.717, 1.165) is 57.8 Å². The molecule has 3 N–H and O–H groups in total. The molecule has 0 spiro atoms. The van der Waals surface area contributed by atoms with Crippen molar-refractivity contribution < 1.29 is 37.6 Å². The first-order chi connectivity index (χ1) is 36.3. The van der Waals surface area contributed by atoms with Gasteiger partial charge in [-0.3, -0.25) is 18.6 Å². The fraction of sp³-hybridized carbons (Fsp3) is 0.938. The minimum atomic E-state index is -4.38. The molecule has 2 unspecified atom stereocenters. The van der Waals surface area contributed by atoms with Gasteiger partial charge in [-0.25, -0.2) is 4.57 Å². The number of phosphoric ester groups is 1. The summed E-state index contributed by atoms with van der Waals surface area (Å²) in [7, 11) is -4.38. The molecule has 0 radical (unpaired) electrons. The molecule has 74 heavy (non-hydrogen) atoms. The van der Waals surface area contributed by atoms with Gasteiger partial charge in [0.1, 0.15) is 6.61 Å². The molecular weight excluding hydrogens is 942 g/mol. The lowest BCUT2D eigenvalue weighted by molar-refractivity contribution is -0.161. The van der Waals surface area contributed by atoms with Gasteiger partial charge in [-0.15, -0.1) is 0 Å². The Labute approximate surface area is 460 Å². The van der Waals surface area contributed by atoms with E-state index < -0.39 is 26.5 Å². The molecule has 0 amide bonds. The van der Waals surface area contributed by atoms with E-state index >= 15 is 0 Å². The third kappa shape index (κ3) is 60.0. The first-order valence-corrected chi connectivity index (χ1v) is 34.2. The maximum absolute atomic E-state index is 12.6. The number of hydrogen-bond acceptors (Lipinski definition) is 8. The molecular formula is C64H126NO8P. The van der Waals surface area contributed by atoms with Crippen LogP contribution in [0, 0.1) is 0 Å². The minimum absolute atomic E-state index is 0.0551. The van der Waals surface area contributed by atoms with E-state index in [2.05, 4.69) is 26.0 Å². The van der Waals surface area contributed by atoms with Crippen LogP contribution in [0.15, 0.2) is 12.2 Å². The third-order valence-corrected chi connectivity index (χ3v) is 15.9. The van der Waals surface area contributed by atoms with Crippen LogP contribution in [0.2, 0.25) is 0 Å². The van der Waals surface area contributed by atoms with Crippen LogP contribution in [-0.4, -0.2) is 49.3 Å². The summed E-state index contributed by atoms with van der Waals surface area (Å²) >= 11 is 0. The Kier molecular flexibility index (Phi) is 59.9. The molecule has 0 rings (SSSR count). The number of carbonyl (C=O) groups is 2. The summed E-state index contributed by atoms with van der Waals surface area (Å²) in [6.45, 7) is 3.76. The highest BCUT2D eigenvalue weighted by Gasteiger charge is 2.26. The van der Waals surface area contributed by atoms with Crippen LogP contribution < -0.4 is 5.73 Å². The SMILES string of the molecule is CCCCC/C=C\CCCCCCCC(=O)OC(COC(=O)CCCCCCCCCCCCCCCCCCCCCCCCCCCCCCCCCCCCCCCCCCC)COP(=O)(O)OCCN. The normalized spacial score (nSPS) is 13.0. The first-order valence-electron chi connectivity index (χ1n) is 32.7. The molecule has 0 saturated heterocycles. The molecule has 0 fully saturated rings. The third-order valence-electron chi connectivity index (χ3n) is 14.9. The van der Waals surface area contributed by atoms with Gasteiger partial charge in [-0.05, 0) is 38.5 Å². The summed E-state index contributed by atoms with van der Waals surface area (Å²) in [5, 5.41) is 0. The Morgan fingerprint density at radius 3 is 0.986 bits per heavy atom. The zero-order valence-corrected chi connectivity index (χ0v) is 50.3. The highest BCUT2D eigenvalue weighted by atomic mass is 31.2. The Bertz CT molecular complexity index is 1220. The number of rotatable bonds is 63. The quantitative estimate of drug-likeness (QED) is 0.0264. The van der Waals surface area contributed by atoms with Crippen LogP contribution >= 0.6 is 7.82 Å². The number of nitrogens with two attached hydrogens (primary N) is 1. The molecule has 0 aliphatic carbocycles. The summed E-state index contributed by atoms with van der Waals surface area (Å²) < 4.78 is 32.9. The fourth-order valence-corrected chi connectivity index (χ4v) is 10.8. The van der Waals surface area contributed by atoms with Gasteiger partial charge in [0.2, 0.25) is 0 Å². The lowest BCUT2D eigenvalue weighted by atomic mass is 10.0. The van der Waals surface area contributed by atoms with E-state index in [1.807, 2.05) is 0 Å². The van der Waals surface area contributed by atoms with Crippen molar-refractivity contribution in [2.75, 3.05) is 26.4 Å². The lowest BCUT2D eigenvalue weighted by Crippen LogP contribution is -2.29. The van der Waals surface area contributed by atoms with E-state index in [9.17, 15) is 19.0 Å². The number of esters is 2.